The van der Waals surface area contributed by atoms with Crippen LogP contribution in [-0.4, -0.2) is 19.0 Å². The number of aliphatic imine (C=N–C) groups is 1. The molecular formula is C12H27N3. The molecule has 0 aliphatic carbocycles. The molecule has 0 aromatic carbocycles. The van der Waals surface area contributed by atoms with Gasteiger partial charge in [0.2, 0.25) is 0 Å². The van der Waals surface area contributed by atoms with Gasteiger partial charge in [0.25, 0.3) is 0 Å². The lowest BCUT2D eigenvalue weighted by molar-refractivity contribution is 0.576. The Morgan fingerprint density at radius 2 is 2.00 bits per heavy atom. The van der Waals surface area contributed by atoms with Crippen LogP contribution in [-0.2, 0) is 0 Å². The molecule has 0 aromatic rings. The third-order valence-corrected chi connectivity index (χ3v) is 2.32. The van der Waals surface area contributed by atoms with Crippen molar-refractivity contribution in [3.8, 4) is 0 Å². The van der Waals surface area contributed by atoms with Crippen LogP contribution in [0.5, 0.6) is 0 Å². The van der Waals surface area contributed by atoms with E-state index in [1.54, 1.807) is 0 Å². The van der Waals surface area contributed by atoms with E-state index in [1.165, 1.54) is 19.3 Å². The molecular weight excluding hydrogens is 186 g/mol. The van der Waals surface area contributed by atoms with Crippen molar-refractivity contribution in [3.05, 3.63) is 0 Å². The second-order valence-corrected chi connectivity index (χ2v) is 4.44. The highest BCUT2D eigenvalue weighted by molar-refractivity contribution is 5.77. The quantitative estimate of drug-likeness (QED) is 0.370. The lowest BCUT2D eigenvalue weighted by Crippen LogP contribution is -2.33. The summed E-state index contributed by atoms with van der Waals surface area (Å²) in [7, 11) is 0. The molecule has 0 aromatic heterocycles. The number of nitrogens with zero attached hydrogens (tertiary/aromatic N) is 1. The summed E-state index contributed by atoms with van der Waals surface area (Å²) < 4.78 is 0. The number of unbranched alkanes of at least 4 members (excludes halogenated alkanes) is 3. The predicted molar refractivity (Wildman–Crippen MR) is 68.1 cm³/mol. The van der Waals surface area contributed by atoms with Crippen LogP contribution in [0.15, 0.2) is 4.99 Å². The molecule has 0 spiro atoms. The topological polar surface area (TPSA) is 50.4 Å². The van der Waals surface area contributed by atoms with E-state index < -0.39 is 0 Å². The maximum Gasteiger partial charge on any atom is 0.188 e. The van der Waals surface area contributed by atoms with Gasteiger partial charge < -0.3 is 11.1 Å². The highest BCUT2D eigenvalue weighted by Crippen LogP contribution is 1.98. The van der Waals surface area contributed by atoms with Gasteiger partial charge in [-0.2, -0.15) is 0 Å². The van der Waals surface area contributed by atoms with Gasteiger partial charge in [0.05, 0.1) is 0 Å². The second-order valence-electron chi connectivity index (χ2n) is 4.44. The molecule has 0 rings (SSSR count). The third-order valence-electron chi connectivity index (χ3n) is 2.32. The average Bonchev–Trinajstić information content (AvgIpc) is 2.17. The zero-order valence-electron chi connectivity index (χ0n) is 10.6. The van der Waals surface area contributed by atoms with E-state index in [9.17, 15) is 0 Å². The van der Waals surface area contributed by atoms with Crippen molar-refractivity contribution in [2.45, 2.75) is 52.9 Å². The average molecular weight is 213 g/mol. The van der Waals surface area contributed by atoms with E-state index in [2.05, 4.69) is 31.1 Å². The van der Waals surface area contributed by atoms with Crippen molar-refractivity contribution in [2.24, 2.45) is 16.6 Å². The molecule has 15 heavy (non-hydrogen) atoms. The van der Waals surface area contributed by atoms with E-state index in [0.717, 1.165) is 31.8 Å². The van der Waals surface area contributed by atoms with Gasteiger partial charge in [-0.25, -0.2) is 0 Å². The van der Waals surface area contributed by atoms with Crippen LogP contribution in [0.25, 0.3) is 0 Å². The van der Waals surface area contributed by atoms with Crippen molar-refractivity contribution in [2.75, 3.05) is 13.1 Å². The largest absolute Gasteiger partial charge is 0.370 e. The zero-order chi connectivity index (χ0) is 11.5. The van der Waals surface area contributed by atoms with Crippen LogP contribution in [0, 0.1) is 5.92 Å². The van der Waals surface area contributed by atoms with Gasteiger partial charge in [0, 0.05) is 13.1 Å². The summed E-state index contributed by atoms with van der Waals surface area (Å²) in [6, 6.07) is 0. The smallest absolute Gasteiger partial charge is 0.188 e. The molecule has 0 amide bonds. The molecule has 0 fully saturated rings. The molecule has 0 heterocycles. The highest BCUT2D eigenvalue weighted by atomic mass is 15.1. The van der Waals surface area contributed by atoms with E-state index in [-0.39, 0.29) is 0 Å². The van der Waals surface area contributed by atoms with Crippen molar-refractivity contribution in [1.82, 2.24) is 5.32 Å². The maximum absolute atomic E-state index is 5.71. The molecule has 0 atom stereocenters. The van der Waals surface area contributed by atoms with Crippen LogP contribution in [0.3, 0.4) is 0 Å². The minimum Gasteiger partial charge on any atom is -0.370 e. The molecule has 3 heteroatoms. The standard InChI is InChI=1S/C12H27N3/c1-4-5-6-7-9-14-12(13)15-10-8-11(2)3/h11H,4-10H2,1-3H3,(H3,13,14,15). The first-order valence-corrected chi connectivity index (χ1v) is 6.20. The Kier molecular flexibility index (Phi) is 9.33. The van der Waals surface area contributed by atoms with Gasteiger partial charge in [-0.15, -0.1) is 0 Å². The van der Waals surface area contributed by atoms with Crippen LogP contribution in [0.1, 0.15) is 52.9 Å². The van der Waals surface area contributed by atoms with E-state index in [1.807, 2.05) is 0 Å². The zero-order valence-corrected chi connectivity index (χ0v) is 10.6. The molecule has 0 bridgehead atoms. The lowest BCUT2D eigenvalue weighted by atomic mass is 10.1. The highest BCUT2D eigenvalue weighted by Gasteiger charge is 1.94. The minimum absolute atomic E-state index is 0.604. The first-order chi connectivity index (χ1) is 7.16. The summed E-state index contributed by atoms with van der Waals surface area (Å²) in [5.41, 5.74) is 5.71. The molecule has 0 aliphatic rings. The predicted octanol–water partition coefficient (Wildman–Crippen LogP) is 2.52. The van der Waals surface area contributed by atoms with Crippen LogP contribution in [0.2, 0.25) is 0 Å². The number of hydrogen-bond acceptors (Lipinski definition) is 1. The molecule has 3 N–H and O–H groups in total. The van der Waals surface area contributed by atoms with Crippen molar-refractivity contribution < 1.29 is 0 Å². The molecule has 0 saturated carbocycles. The molecule has 90 valence electrons. The third kappa shape index (κ3) is 11.2. The van der Waals surface area contributed by atoms with Gasteiger partial charge in [-0.05, 0) is 18.8 Å². The molecule has 0 unspecified atom stereocenters. The number of hydrogen-bond donors (Lipinski definition) is 2. The van der Waals surface area contributed by atoms with Crippen molar-refractivity contribution in [3.63, 3.8) is 0 Å². The van der Waals surface area contributed by atoms with E-state index in [0.29, 0.717) is 5.96 Å². The van der Waals surface area contributed by atoms with Gasteiger partial charge >= 0.3 is 0 Å². The Balaban J connectivity index is 3.35. The fourth-order valence-corrected chi connectivity index (χ4v) is 1.28. The molecule has 0 saturated heterocycles. The fourth-order valence-electron chi connectivity index (χ4n) is 1.28. The second kappa shape index (κ2) is 9.81. The summed E-state index contributed by atoms with van der Waals surface area (Å²) >= 11 is 0. The number of guanidine groups is 1. The Labute approximate surface area is 94.5 Å². The van der Waals surface area contributed by atoms with Crippen LogP contribution in [0.4, 0.5) is 0 Å². The SMILES string of the molecule is CCCCCCN=C(N)NCCC(C)C. The summed E-state index contributed by atoms with van der Waals surface area (Å²) in [5, 5.41) is 3.13. The van der Waals surface area contributed by atoms with Crippen molar-refractivity contribution in [1.29, 1.82) is 0 Å². The van der Waals surface area contributed by atoms with Crippen LogP contribution >= 0.6 is 0 Å². The van der Waals surface area contributed by atoms with Gasteiger partial charge in [0.1, 0.15) is 0 Å². The van der Waals surface area contributed by atoms with Gasteiger partial charge in [-0.1, -0.05) is 40.0 Å². The monoisotopic (exact) mass is 213 g/mol. The van der Waals surface area contributed by atoms with E-state index in [4.69, 9.17) is 5.73 Å². The molecule has 0 radical (unpaired) electrons. The summed E-state index contributed by atoms with van der Waals surface area (Å²) in [6.07, 6.45) is 6.13. The first-order valence-electron chi connectivity index (χ1n) is 6.20. The fraction of sp³-hybridized carbons (Fsp3) is 0.917. The summed E-state index contributed by atoms with van der Waals surface area (Å²) in [5.74, 6) is 1.32. The Morgan fingerprint density at radius 1 is 1.27 bits per heavy atom. The Hall–Kier alpha value is -0.730. The summed E-state index contributed by atoms with van der Waals surface area (Å²) in [4.78, 5) is 4.28. The number of nitrogens with one attached hydrogen (secondary N) is 1. The Morgan fingerprint density at radius 3 is 2.60 bits per heavy atom. The number of rotatable bonds is 8. The minimum atomic E-state index is 0.604. The normalized spacial score (nSPS) is 12.1. The molecule has 3 nitrogen and oxygen atoms in total. The first kappa shape index (κ1) is 14.3. The lowest BCUT2D eigenvalue weighted by Gasteiger charge is -2.07. The van der Waals surface area contributed by atoms with Crippen LogP contribution < -0.4 is 11.1 Å². The van der Waals surface area contributed by atoms with E-state index >= 15 is 0 Å². The molecule has 0 aliphatic heterocycles. The maximum atomic E-state index is 5.71. The van der Waals surface area contributed by atoms with Gasteiger partial charge in [0.15, 0.2) is 5.96 Å². The summed E-state index contributed by atoms with van der Waals surface area (Å²) in [6.45, 7) is 8.42. The van der Waals surface area contributed by atoms with Gasteiger partial charge in [-0.3, -0.25) is 4.99 Å². The Bertz CT molecular complexity index is 164. The number of nitrogens with two attached hydrogens (primary N) is 1. The van der Waals surface area contributed by atoms with Crippen molar-refractivity contribution >= 4 is 5.96 Å².